The number of anilines is 1. The van der Waals surface area contributed by atoms with Gasteiger partial charge in [-0.1, -0.05) is 29.8 Å². The SMILES string of the molecule is Cc1nn(Cc2ccc(Cl)cc2)c(C)c1NS(=O)(=O)c1cccs1. The van der Waals surface area contributed by atoms with E-state index in [1.165, 1.54) is 11.3 Å². The zero-order valence-electron chi connectivity index (χ0n) is 13.2. The Morgan fingerprint density at radius 3 is 2.54 bits per heavy atom. The molecule has 0 bridgehead atoms. The minimum atomic E-state index is -3.58. The maximum atomic E-state index is 12.4. The van der Waals surface area contributed by atoms with Crippen LogP contribution in [0, 0.1) is 13.8 Å². The van der Waals surface area contributed by atoms with Crippen molar-refractivity contribution in [1.29, 1.82) is 0 Å². The predicted octanol–water partition coefficient (Wildman–Crippen LogP) is 4.06. The Labute approximate surface area is 150 Å². The lowest BCUT2D eigenvalue weighted by Crippen LogP contribution is -2.13. The van der Waals surface area contributed by atoms with Crippen molar-refractivity contribution in [3.63, 3.8) is 0 Å². The minimum absolute atomic E-state index is 0.284. The molecule has 0 aliphatic carbocycles. The van der Waals surface area contributed by atoms with Gasteiger partial charge in [-0.25, -0.2) is 8.42 Å². The van der Waals surface area contributed by atoms with Crippen LogP contribution in [-0.4, -0.2) is 18.2 Å². The quantitative estimate of drug-likeness (QED) is 0.724. The number of nitrogens with one attached hydrogen (secondary N) is 1. The van der Waals surface area contributed by atoms with E-state index in [0.29, 0.717) is 22.9 Å². The summed E-state index contributed by atoms with van der Waals surface area (Å²) in [6, 6.07) is 10.8. The molecule has 8 heteroatoms. The molecule has 3 aromatic rings. The number of benzene rings is 1. The van der Waals surface area contributed by atoms with Crippen molar-refractivity contribution in [1.82, 2.24) is 9.78 Å². The van der Waals surface area contributed by atoms with Gasteiger partial charge in [-0.15, -0.1) is 11.3 Å². The fourth-order valence-corrected chi connectivity index (χ4v) is 4.66. The maximum absolute atomic E-state index is 12.4. The van der Waals surface area contributed by atoms with Gasteiger partial charge in [-0.2, -0.15) is 5.10 Å². The van der Waals surface area contributed by atoms with Gasteiger partial charge >= 0.3 is 0 Å². The van der Waals surface area contributed by atoms with Gasteiger partial charge in [0.2, 0.25) is 0 Å². The van der Waals surface area contributed by atoms with Gasteiger partial charge in [0.15, 0.2) is 0 Å². The Morgan fingerprint density at radius 1 is 1.21 bits per heavy atom. The lowest BCUT2D eigenvalue weighted by Gasteiger charge is -2.08. The van der Waals surface area contributed by atoms with E-state index in [1.54, 1.807) is 29.1 Å². The van der Waals surface area contributed by atoms with Crippen molar-refractivity contribution < 1.29 is 8.42 Å². The molecule has 0 unspecified atom stereocenters. The standard InChI is InChI=1S/C16H16ClN3O2S2/c1-11-16(19-24(21,22)15-4-3-9-23-15)12(2)20(18-11)10-13-5-7-14(17)8-6-13/h3-9,19H,10H2,1-2H3. The van der Waals surface area contributed by atoms with Gasteiger partial charge in [0, 0.05) is 5.02 Å². The highest BCUT2D eigenvalue weighted by atomic mass is 35.5. The number of rotatable bonds is 5. The minimum Gasteiger partial charge on any atom is -0.275 e. The molecule has 0 fully saturated rings. The molecular weight excluding hydrogens is 366 g/mol. The average molecular weight is 382 g/mol. The molecular formula is C16H16ClN3O2S2. The normalized spacial score (nSPS) is 11.6. The van der Waals surface area contributed by atoms with Gasteiger partial charge in [-0.05, 0) is 43.0 Å². The van der Waals surface area contributed by atoms with Crippen LogP contribution in [0.2, 0.25) is 5.02 Å². The molecule has 2 aromatic heterocycles. The van der Waals surface area contributed by atoms with Gasteiger partial charge in [0.1, 0.15) is 4.21 Å². The van der Waals surface area contributed by atoms with Crippen molar-refractivity contribution in [2.24, 2.45) is 0 Å². The third kappa shape index (κ3) is 3.48. The van der Waals surface area contributed by atoms with E-state index in [0.717, 1.165) is 11.3 Å². The molecule has 0 aliphatic heterocycles. The van der Waals surface area contributed by atoms with Crippen LogP contribution in [0.3, 0.4) is 0 Å². The van der Waals surface area contributed by atoms with Gasteiger partial charge < -0.3 is 0 Å². The van der Waals surface area contributed by atoms with Gasteiger partial charge in [-0.3, -0.25) is 9.40 Å². The summed E-state index contributed by atoms with van der Waals surface area (Å²) < 4.78 is 29.6. The summed E-state index contributed by atoms with van der Waals surface area (Å²) in [6.07, 6.45) is 0. The molecule has 126 valence electrons. The fraction of sp³-hybridized carbons (Fsp3) is 0.188. The Bertz CT molecular complexity index is 946. The second-order valence-electron chi connectivity index (χ2n) is 5.37. The van der Waals surface area contributed by atoms with Crippen molar-refractivity contribution >= 4 is 38.6 Å². The Balaban J connectivity index is 1.88. The molecule has 0 spiro atoms. The molecule has 0 saturated carbocycles. The first-order chi connectivity index (χ1) is 11.4. The molecule has 24 heavy (non-hydrogen) atoms. The van der Waals surface area contributed by atoms with E-state index in [9.17, 15) is 8.42 Å². The lowest BCUT2D eigenvalue weighted by molar-refractivity contribution is 0.603. The third-order valence-electron chi connectivity index (χ3n) is 3.62. The molecule has 1 aromatic carbocycles. The Morgan fingerprint density at radius 2 is 1.92 bits per heavy atom. The number of hydrogen-bond donors (Lipinski definition) is 1. The second-order valence-corrected chi connectivity index (χ2v) is 8.66. The number of hydrogen-bond acceptors (Lipinski definition) is 4. The maximum Gasteiger partial charge on any atom is 0.271 e. The van der Waals surface area contributed by atoms with Crippen LogP contribution >= 0.6 is 22.9 Å². The molecule has 0 radical (unpaired) electrons. The van der Waals surface area contributed by atoms with E-state index in [-0.39, 0.29) is 4.21 Å². The summed E-state index contributed by atoms with van der Waals surface area (Å²) >= 11 is 7.08. The summed E-state index contributed by atoms with van der Waals surface area (Å²) in [5, 5.41) is 6.87. The number of aromatic nitrogens is 2. The highest BCUT2D eigenvalue weighted by molar-refractivity contribution is 7.94. The van der Waals surface area contributed by atoms with Crippen LogP contribution in [-0.2, 0) is 16.6 Å². The van der Waals surface area contributed by atoms with Crippen molar-refractivity contribution in [2.45, 2.75) is 24.6 Å². The van der Waals surface area contributed by atoms with Crippen LogP contribution in [0.4, 0.5) is 5.69 Å². The van der Waals surface area contributed by atoms with Crippen LogP contribution in [0.25, 0.3) is 0 Å². The molecule has 0 aliphatic rings. The zero-order valence-corrected chi connectivity index (χ0v) is 15.5. The first kappa shape index (κ1) is 17.0. The Hall–Kier alpha value is -1.83. The number of nitrogens with zero attached hydrogens (tertiary/aromatic N) is 2. The van der Waals surface area contributed by atoms with Crippen LogP contribution < -0.4 is 4.72 Å². The van der Waals surface area contributed by atoms with Crippen molar-refractivity contribution in [3.8, 4) is 0 Å². The first-order valence-corrected chi connectivity index (χ1v) is 9.95. The van der Waals surface area contributed by atoms with Crippen molar-refractivity contribution in [3.05, 3.63) is 63.8 Å². The summed E-state index contributed by atoms with van der Waals surface area (Å²) in [4.78, 5) is 0. The summed E-state index contributed by atoms with van der Waals surface area (Å²) in [5.74, 6) is 0. The lowest BCUT2D eigenvalue weighted by atomic mass is 10.2. The third-order valence-corrected chi connectivity index (χ3v) is 6.62. The summed E-state index contributed by atoms with van der Waals surface area (Å²) in [6.45, 7) is 4.18. The first-order valence-electron chi connectivity index (χ1n) is 7.21. The number of halogens is 1. The molecule has 5 nitrogen and oxygen atoms in total. The van der Waals surface area contributed by atoms with E-state index in [2.05, 4.69) is 9.82 Å². The number of thiophene rings is 1. The monoisotopic (exact) mass is 381 g/mol. The van der Waals surface area contributed by atoms with Gasteiger partial charge in [0.05, 0.1) is 23.6 Å². The molecule has 0 amide bonds. The molecule has 0 saturated heterocycles. The topological polar surface area (TPSA) is 64.0 Å². The van der Waals surface area contributed by atoms with Crippen LogP contribution in [0.1, 0.15) is 17.0 Å². The molecule has 0 atom stereocenters. The molecule has 2 heterocycles. The fourth-order valence-electron chi connectivity index (χ4n) is 2.36. The summed E-state index contributed by atoms with van der Waals surface area (Å²) in [7, 11) is -3.58. The number of aryl methyl sites for hydroxylation is 1. The zero-order chi connectivity index (χ0) is 17.3. The second kappa shape index (κ2) is 6.58. The smallest absolute Gasteiger partial charge is 0.271 e. The number of sulfonamides is 1. The average Bonchev–Trinajstić information content (AvgIpc) is 3.15. The van der Waals surface area contributed by atoms with Crippen LogP contribution in [0.5, 0.6) is 0 Å². The molecule has 1 N–H and O–H groups in total. The van der Waals surface area contributed by atoms with E-state index < -0.39 is 10.0 Å². The van der Waals surface area contributed by atoms with Gasteiger partial charge in [0.25, 0.3) is 10.0 Å². The van der Waals surface area contributed by atoms with E-state index in [4.69, 9.17) is 11.6 Å². The van der Waals surface area contributed by atoms with Crippen LogP contribution in [0.15, 0.2) is 46.0 Å². The highest BCUT2D eigenvalue weighted by Gasteiger charge is 2.20. The molecule has 3 rings (SSSR count). The highest BCUT2D eigenvalue weighted by Crippen LogP contribution is 2.25. The van der Waals surface area contributed by atoms with E-state index in [1.807, 2.05) is 31.2 Å². The van der Waals surface area contributed by atoms with Crippen molar-refractivity contribution in [2.75, 3.05) is 4.72 Å². The van der Waals surface area contributed by atoms with E-state index >= 15 is 0 Å². The predicted molar refractivity (Wildman–Crippen MR) is 97.4 cm³/mol. The Kier molecular flexibility index (Phi) is 4.67. The largest absolute Gasteiger partial charge is 0.275 e. The summed E-state index contributed by atoms with van der Waals surface area (Å²) in [5.41, 5.74) is 2.97.